The van der Waals surface area contributed by atoms with Crippen LogP contribution >= 0.6 is 0 Å². The summed E-state index contributed by atoms with van der Waals surface area (Å²) in [5, 5.41) is 8.83. The Labute approximate surface area is 88.3 Å². The van der Waals surface area contributed by atoms with Gasteiger partial charge in [0.05, 0.1) is 0 Å². The van der Waals surface area contributed by atoms with Crippen molar-refractivity contribution in [1.29, 1.82) is 0 Å². The fourth-order valence-corrected chi connectivity index (χ4v) is 1.65. The second-order valence-electron chi connectivity index (χ2n) is 4.06. The molecule has 0 bridgehead atoms. The van der Waals surface area contributed by atoms with Crippen molar-refractivity contribution >= 4 is 11.9 Å². The van der Waals surface area contributed by atoms with Crippen LogP contribution in [0, 0.1) is 5.92 Å². The number of hydrogen-bond donors (Lipinski definition) is 1. The first-order chi connectivity index (χ1) is 7.16. The number of carboxylic acid groups (broad SMARTS) is 1. The van der Waals surface area contributed by atoms with Crippen molar-refractivity contribution in [2.45, 2.75) is 12.8 Å². The average molecular weight is 209 g/mol. The lowest BCUT2D eigenvalue weighted by Gasteiger charge is -2.21. The molecule has 0 aliphatic heterocycles. The number of rotatable bonds is 5. The molecule has 0 unspecified atom stereocenters. The highest BCUT2D eigenvalue weighted by molar-refractivity contribution is 5.72. The van der Waals surface area contributed by atoms with Gasteiger partial charge >= 0.3 is 5.97 Å². The summed E-state index contributed by atoms with van der Waals surface area (Å²) in [7, 11) is 1.88. The Kier molecular flexibility index (Phi) is 2.62. The van der Waals surface area contributed by atoms with Gasteiger partial charge < -0.3 is 14.6 Å². The van der Waals surface area contributed by atoms with Gasteiger partial charge in [-0.1, -0.05) is 0 Å². The van der Waals surface area contributed by atoms with Crippen LogP contribution in [-0.2, 0) is 11.8 Å². The lowest BCUT2D eigenvalue weighted by atomic mass is 10.4. The maximum atomic E-state index is 10.7. The van der Waals surface area contributed by atoms with E-state index < -0.39 is 5.97 Å². The number of carboxylic acids is 1. The molecule has 1 aromatic rings. The molecule has 15 heavy (non-hydrogen) atoms. The van der Waals surface area contributed by atoms with Gasteiger partial charge in [0.2, 0.25) is 5.95 Å². The molecule has 0 spiro atoms. The Bertz CT molecular complexity index is 357. The van der Waals surface area contributed by atoms with Gasteiger partial charge in [-0.05, 0) is 18.8 Å². The van der Waals surface area contributed by atoms with Crippen molar-refractivity contribution in [2.75, 3.05) is 18.0 Å². The first kappa shape index (κ1) is 10.0. The highest BCUT2D eigenvalue weighted by atomic mass is 16.4. The minimum absolute atomic E-state index is 0.0291. The molecule has 1 fully saturated rings. The summed E-state index contributed by atoms with van der Waals surface area (Å²) in [6, 6.07) is 0. The Hall–Kier alpha value is -1.52. The third kappa shape index (κ3) is 2.49. The largest absolute Gasteiger partial charge is 0.480 e. The fraction of sp³-hybridized carbons (Fsp3) is 0.600. The summed E-state index contributed by atoms with van der Waals surface area (Å²) in [6.45, 7) is 0.832. The Balaban J connectivity index is 2.09. The van der Waals surface area contributed by atoms with Crippen molar-refractivity contribution in [3.63, 3.8) is 0 Å². The summed E-state index contributed by atoms with van der Waals surface area (Å²) < 4.78 is 1.85. The van der Waals surface area contributed by atoms with E-state index in [0.717, 1.165) is 12.5 Å². The van der Waals surface area contributed by atoms with Crippen LogP contribution < -0.4 is 4.90 Å². The first-order valence-electron chi connectivity index (χ1n) is 5.11. The maximum Gasteiger partial charge on any atom is 0.323 e. The van der Waals surface area contributed by atoms with Gasteiger partial charge in [0.15, 0.2) is 0 Å². The summed E-state index contributed by atoms with van der Waals surface area (Å²) in [5.41, 5.74) is 0. The number of aryl methyl sites for hydroxylation is 1. The van der Waals surface area contributed by atoms with E-state index in [2.05, 4.69) is 4.98 Å². The number of anilines is 1. The van der Waals surface area contributed by atoms with Crippen molar-refractivity contribution in [3.05, 3.63) is 12.4 Å². The quantitative estimate of drug-likeness (QED) is 0.776. The third-order valence-corrected chi connectivity index (χ3v) is 2.58. The SMILES string of the molecule is Cn1ccnc1N(CC(=O)O)CC1CC1. The zero-order chi connectivity index (χ0) is 10.8. The zero-order valence-corrected chi connectivity index (χ0v) is 8.76. The second-order valence-corrected chi connectivity index (χ2v) is 4.06. The van der Waals surface area contributed by atoms with E-state index in [0.29, 0.717) is 5.92 Å². The lowest BCUT2D eigenvalue weighted by Crippen LogP contribution is -2.33. The minimum atomic E-state index is -0.807. The van der Waals surface area contributed by atoms with E-state index in [-0.39, 0.29) is 6.54 Å². The van der Waals surface area contributed by atoms with Gasteiger partial charge in [-0.25, -0.2) is 4.98 Å². The average Bonchev–Trinajstić information content (AvgIpc) is 2.86. The van der Waals surface area contributed by atoms with Crippen LogP contribution in [0.1, 0.15) is 12.8 Å². The van der Waals surface area contributed by atoms with Gasteiger partial charge in [-0.15, -0.1) is 0 Å². The number of aliphatic carboxylic acids is 1. The predicted octanol–water partition coefficient (Wildman–Crippen LogP) is 0.721. The molecule has 82 valence electrons. The summed E-state index contributed by atoms with van der Waals surface area (Å²) in [5.74, 6) is 0.587. The Morgan fingerprint density at radius 3 is 2.93 bits per heavy atom. The lowest BCUT2D eigenvalue weighted by molar-refractivity contribution is -0.135. The van der Waals surface area contributed by atoms with E-state index in [1.165, 1.54) is 12.8 Å². The van der Waals surface area contributed by atoms with E-state index in [9.17, 15) is 4.79 Å². The molecule has 5 nitrogen and oxygen atoms in total. The fourth-order valence-electron chi connectivity index (χ4n) is 1.65. The van der Waals surface area contributed by atoms with Crippen LogP contribution in [0.5, 0.6) is 0 Å². The molecule has 2 rings (SSSR count). The molecule has 1 saturated carbocycles. The van der Waals surface area contributed by atoms with Gasteiger partial charge in [-0.2, -0.15) is 0 Å². The minimum Gasteiger partial charge on any atom is -0.480 e. The summed E-state index contributed by atoms with van der Waals surface area (Å²) in [6.07, 6.45) is 5.94. The molecule has 0 amide bonds. The zero-order valence-electron chi connectivity index (χ0n) is 8.76. The van der Waals surface area contributed by atoms with E-state index in [1.54, 1.807) is 6.20 Å². The van der Waals surface area contributed by atoms with Gasteiger partial charge in [0.25, 0.3) is 0 Å². The molecular weight excluding hydrogens is 194 g/mol. The first-order valence-corrected chi connectivity index (χ1v) is 5.11. The van der Waals surface area contributed by atoms with Gasteiger partial charge in [0.1, 0.15) is 6.54 Å². The molecule has 1 aliphatic carbocycles. The van der Waals surface area contributed by atoms with Crippen LogP contribution in [0.2, 0.25) is 0 Å². The highest BCUT2D eigenvalue weighted by Crippen LogP contribution is 2.30. The van der Waals surface area contributed by atoms with E-state index in [4.69, 9.17) is 5.11 Å². The van der Waals surface area contributed by atoms with Crippen LogP contribution in [0.25, 0.3) is 0 Å². The standard InChI is InChI=1S/C10H15N3O2/c1-12-5-4-11-10(12)13(7-9(14)15)6-8-2-3-8/h4-5,8H,2-3,6-7H2,1H3,(H,14,15). The second kappa shape index (κ2) is 3.92. The Morgan fingerprint density at radius 2 is 2.47 bits per heavy atom. The Morgan fingerprint density at radius 1 is 1.73 bits per heavy atom. The van der Waals surface area contributed by atoms with E-state index in [1.807, 2.05) is 22.7 Å². The summed E-state index contributed by atoms with van der Waals surface area (Å²) in [4.78, 5) is 16.7. The molecule has 1 aromatic heterocycles. The topological polar surface area (TPSA) is 58.4 Å². The van der Waals surface area contributed by atoms with Crippen molar-refractivity contribution in [3.8, 4) is 0 Å². The molecular formula is C10H15N3O2. The number of aromatic nitrogens is 2. The number of carbonyl (C=O) groups is 1. The monoisotopic (exact) mass is 209 g/mol. The molecule has 1 aliphatic rings. The van der Waals surface area contributed by atoms with Crippen molar-refractivity contribution in [1.82, 2.24) is 9.55 Å². The normalized spacial score (nSPS) is 15.3. The number of nitrogens with zero attached hydrogens (tertiary/aromatic N) is 3. The molecule has 1 N–H and O–H groups in total. The molecule has 0 saturated heterocycles. The van der Waals surface area contributed by atoms with Crippen molar-refractivity contribution < 1.29 is 9.90 Å². The highest BCUT2D eigenvalue weighted by Gasteiger charge is 2.26. The van der Waals surface area contributed by atoms with Crippen LogP contribution in [0.4, 0.5) is 5.95 Å². The van der Waals surface area contributed by atoms with Crippen molar-refractivity contribution in [2.24, 2.45) is 13.0 Å². The van der Waals surface area contributed by atoms with E-state index >= 15 is 0 Å². The van der Waals surface area contributed by atoms with Gasteiger partial charge in [-0.3, -0.25) is 4.79 Å². The predicted molar refractivity (Wildman–Crippen MR) is 55.8 cm³/mol. The number of imidazole rings is 1. The molecule has 0 radical (unpaired) electrons. The smallest absolute Gasteiger partial charge is 0.323 e. The molecule has 0 aromatic carbocycles. The van der Waals surface area contributed by atoms with Crippen LogP contribution in [0.3, 0.4) is 0 Å². The maximum absolute atomic E-state index is 10.7. The number of hydrogen-bond acceptors (Lipinski definition) is 3. The summed E-state index contributed by atoms with van der Waals surface area (Å²) >= 11 is 0. The molecule has 0 atom stereocenters. The van der Waals surface area contributed by atoms with Crippen LogP contribution in [0.15, 0.2) is 12.4 Å². The third-order valence-electron chi connectivity index (χ3n) is 2.58. The molecule has 1 heterocycles. The molecule has 5 heteroatoms. The van der Waals surface area contributed by atoms with Crippen LogP contribution in [-0.4, -0.2) is 33.7 Å². The van der Waals surface area contributed by atoms with Gasteiger partial charge in [0, 0.05) is 26.0 Å².